The summed E-state index contributed by atoms with van der Waals surface area (Å²) >= 11 is 0. The highest BCUT2D eigenvalue weighted by Gasteiger charge is 2.30. The number of hydrogen-bond acceptors (Lipinski definition) is 6. The van der Waals surface area contributed by atoms with Gasteiger partial charge in [-0.1, -0.05) is 20.8 Å². The summed E-state index contributed by atoms with van der Waals surface area (Å²) in [7, 11) is 1.66. The molecule has 0 amide bonds. The van der Waals surface area contributed by atoms with E-state index in [2.05, 4.69) is 20.8 Å². The molecule has 3 aromatic rings. The molecule has 0 bridgehead atoms. The molecule has 1 aliphatic rings. The number of imidazole rings is 1. The standard InChI is InChI=1S/C24H31N5O4/c1-6-33-22(31)17-7-9-18(10-8-17)28-13-16(4)14-29-19-20(25-23(28)29)26(5)24(32)27(21(19)30)12-11-15(2)3/h7-10,15-16H,6,11-14H2,1-5H3/t16-/m1/s1. The Morgan fingerprint density at radius 3 is 2.52 bits per heavy atom. The summed E-state index contributed by atoms with van der Waals surface area (Å²) in [6, 6.07) is 7.17. The normalized spacial score (nSPS) is 15.8. The predicted molar refractivity (Wildman–Crippen MR) is 127 cm³/mol. The number of hydrogen-bond donors (Lipinski definition) is 0. The van der Waals surface area contributed by atoms with Crippen molar-refractivity contribution in [3.63, 3.8) is 0 Å². The van der Waals surface area contributed by atoms with Gasteiger partial charge in [-0.25, -0.2) is 9.59 Å². The summed E-state index contributed by atoms with van der Waals surface area (Å²) in [6.07, 6.45) is 0.747. The smallest absolute Gasteiger partial charge is 0.338 e. The van der Waals surface area contributed by atoms with Gasteiger partial charge in [0.2, 0.25) is 5.95 Å². The lowest BCUT2D eigenvalue weighted by Crippen LogP contribution is -2.40. The lowest BCUT2D eigenvalue weighted by molar-refractivity contribution is 0.0526. The molecule has 176 valence electrons. The molecule has 1 aromatic carbocycles. The van der Waals surface area contributed by atoms with Crippen LogP contribution in [0.1, 0.15) is 44.5 Å². The number of anilines is 2. The van der Waals surface area contributed by atoms with Crippen LogP contribution >= 0.6 is 0 Å². The van der Waals surface area contributed by atoms with Crippen LogP contribution in [0, 0.1) is 11.8 Å². The molecule has 1 atom stereocenters. The van der Waals surface area contributed by atoms with Gasteiger partial charge in [-0.2, -0.15) is 4.98 Å². The summed E-state index contributed by atoms with van der Waals surface area (Å²) in [4.78, 5) is 45.1. The SMILES string of the molecule is CCOC(=O)c1ccc(N2C[C@@H](C)Cn3c2nc2c3c(=O)n(CCC(C)C)c(=O)n2C)cc1. The molecule has 33 heavy (non-hydrogen) atoms. The number of rotatable bonds is 6. The Hall–Kier alpha value is -3.36. The highest BCUT2D eigenvalue weighted by atomic mass is 16.5. The number of fused-ring (bicyclic) bond motifs is 3. The third kappa shape index (κ3) is 4.07. The zero-order valence-electron chi connectivity index (χ0n) is 19.9. The Bertz CT molecular complexity index is 1300. The number of esters is 1. The van der Waals surface area contributed by atoms with E-state index < -0.39 is 0 Å². The van der Waals surface area contributed by atoms with Crippen LogP contribution in [0.3, 0.4) is 0 Å². The second-order valence-corrected chi connectivity index (χ2v) is 9.16. The first-order valence-electron chi connectivity index (χ1n) is 11.5. The molecular weight excluding hydrogens is 422 g/mol. The zero-order valence-corrected chi connectivity index (χ0v) is 19.9. The van der Waals surface area contributed by atoms with Crippen LogP contribution in [-0.4, -0.2) is 37.8 Å². The van der Waals surface area contributed by atoms with Crippen molar-refractivity contribution in [2.75, 3.05) is 18.1 Å². The fourth-order valence-electron chi connectivity index (χ4n) is 4.30. The highest BCUT2D eigenvalue weighted by molar-refractivity contribution is 5.90. The summed E-state index contributed by atoms with van der Waals surface area (Å²) in [5.74, 6) is 0.895. The first-order chi connectivity index (χ1) is 15.7. The summed E-state index contributed by atoms with van der Waals surface area (Å²) in [5.41, 5.74) is 1.55. The number of carbonyl (C=O) groups excluding carboxylic acids is 1. The molecule has 0 N–H and O–H groups in total. The molecule has 0 fully saturated rings. The van der Waals surface area contributed by atoms with Crippen molar-refractivity contribution in [3.05, 3.63) is 50.7 Å². The van der Waals surface area contributed by atoms with E-state index in [-0.39, 0.29) is 23.1 Å². The Balaban J connectivity index is 1.83. The zero-order chi connectivity index (χ0) is 23.9. The largest absolute Gasteiger partial charge is 0.462 e. The van der Waals surface area contributed by atoms with E-state index in [4.69, 9.17) is 9.72 Å². The number of benzene rings is 1. The van der Waals surface area contributed by atoms with Crippen molar-refractivity contribution < 1.29 is 9.53 Å². The summed E-state index contributed by atoms with van der Waals surface area (Å²) < 4.78 is 9.79. The van der Waals surface area contributed by atoms with Crippen LogP contribution in [0.4, 0.5) is 11.6 Å². The molecule has 0 saturated heterocycles. The molecule has 3 heterocycles. The summed E-state index contributed by atoms with van der Waals surface area (Å²) in [5, 5.41) is 0. The van der Waals surface area contributed by atoms with Crippen molar-refractivity contribution >= 4 is 28.8 Å². The van der Waals surface area contributed by atoms with Crippen LogP contribution in [0.25, 0.3) is 11.2 Å². The van der Waals surface area contributed by atoms with Crippen LogP contribution in [0.2, 0.25) is 0 Å². The van der Waals surface area contributed by atoms with Crippen LogP contribution in [0.15, 0.2) is 33.9 Å². The third-order valence-corrected chi connectivity index (χ3v) is 6.06. The quantitative estimate of drug-likeness (QED) is 0.533. The summed E-state index contributed by atoms with van der Waals surface area (Å²) in [6.45, 7) is 10.1. The van der Waals surface area contributed by atoms with Gasteiger partial charge in [-0.05, 0) is 49.4 Å². The van der Waals surface area contributed by atoms with Crippen molar-refractivity contribution in [3.8, 4) is 0 Å². The van der Waals surface area contributed by atoms with Gasteiger partial charge in [0.15, 0.2) is 11.2 Å². The fraction of sp³-hybridized carbons (Fsp3) is 0.500. The van der Waals surface area contributed by atoms with E-state index in [1.807, 2.05) is 21.6 Å². The fourth-order valence-corrected chi connectivity index (χ4v) is 4.30. The lowest BCUT2D eigenvalue weighted by atomic mass is 10.1. The van der Waals surface area contributed by atoms with Gasteiger partial charge < -0.3 is 14.2 Å². The Morgan fingerprint density at radius 2 is 1.88 bits per heavy atom. The number of ether oxygens (including phenoxy) is 1. The minimum atomic E-state index is -0.361. The molecule has 1 aliphatic heterocycles. The number of carbonyl (C=O) groups is 1. The van der Waals surface area contributed by atoms with Crippen LogP contribution in [0.5, 0.6) is 0 Å². The molecule has 0 unspecified atom stereocenters. The van der Waals surface area contributed by atoms with Gasteiger partial charge in [0.25, 0.3) is 5.56 Å². The maximum absolute atomic E-state index is 13.4. The molecule has 0 aliphatic carbocycles. The molecule has 2 aromatic heterocycles. The van der Waals surface area contributed by atoms with Crippen molar-refractivity contribution in [1.82, 2.24) is 18.7 Å². The van der Waals surface area contributed by atoms with Crippen molar-refractivity contribution in [1.29, 1.82) is 0 Å². The van der Waals surface area contributed by atoms with E-state index in [9.17, 15) is 14.4 Å². The average molecular weight is 454 g/mol. The Labute approximate surface area is 192 Å². The lowest BCUT2D eigenvalue weighted by Gasteiger charge is -2.33. The Morgan fingerprint density at radius 1 is 1.18 bits per heavy atom. The molecule has 4 rings (SSSR count). The number of aromatic nitrogens is 4. The molecule has 0 radical (unpaired) electrons. The second kappa shape index (κ2) is 8.88. The van der Waals surface area contributed by atoms with E-state index in [0.29, 0.717) is 54.8 Å². The number of aryl methyl sites for hydroxylation is 1. The van der Waals surface area contributed by atoms with E-state index in [0.717, 1.165) is 12.1 Å². The topological polar surface area (TPSA) is 91.4 Å². The van der Waals surface area contributed by atoms with Crippen molar-refractivity contribution in [2.24, 2.45) is 18.9 Å². The maximum Gasteiger partial charge on any atom is 0.338 e. The second-order valence-electron chi connectivity index (χ2n) is 9.16. The van der Waals surface area contributed by atoms with E-state index >= 15 is 0 Å². The first kappa shape index (κ1) is 22.8. The molecular formula is C24H31N5O4. The molecule has 9 nitrogen and oxygen atoms in total. The van der Waals surface area contributed by atoms with Gasteiger partial charge in [0.05, 0.1) is 12.2 Å². The molecule has 0 saturated carbocycles. The molecule has 9 heteroatoms. The predicted octanol–water partition coefficient (Wildman–Crippen LogP) is 2.91. The van der Waals surface area contributed by atoms with Gasteiger partial charge in [-0.3, -0.25) is 13.9 Å². The molecule has 0 spiro atoms. The van der Waals surface area contributed by atoms with Gasteiger partial charge in [0, 0.05) is 32.4 Å². The minimum Gasteiger partial charge on any atom is -0.462 e. The minimum absolute atomic E-state index is 0.250. The van der Waals surface area contributed by atoms with Gasteiger partial charge in [0.1, 0.15) is 0 Å². The van der Waals surface area contributed by atoms with Gasteiger partial charge in [-0.15, -0.1) is 0 Å². The maximum atomic E-state index is 13.4. The Kier molecular flexibility index (Phi) is 6.14. The van der Waals surface area contributed by atoms with Gasteiger partial charge >= 0.3 is 11.7 Å². The van der Waals surface area contributed by atoms with E-state index in [1.54, 1.807) is 26.1 Å². The average Bonchev–Trinajstić information content (AvgIpc) is 3.16. The van der Waals surface area contributed by atoms with Crippen LogP contribution in [-0.2, 0) is 24.9 Å². The van der Waals surface area contributed by atoms with Crippen LogP contribution < -0.4 is 16.1 Å². The monoisotopic (exact) mass is 453 g/mol. The van der Waals surface area contributed by atoms with E-state index in [1.165, 1.54) is 9.13 Å². The highest BCUT2D eigenvalue weighted by Crippen LogP contribution is 2.33. The first-order valence-corrected chi connectivity index (χ1v) is 11.5. The van der Waals surface area contributed by atoms with Crippen molar-refractivity contribution in [2.45, 2.75) is 47.2 Å². The third-order valence-electron chi connectivity index (χ3n) is 6.06. The number of nitrogens with zero attached hydrogens (tertiary/aromatic N) is 5.